The summed E-state index contributed by atoms with van der Waals surface area (Å²) in [6.45, 7) is 4.53. The summed E-state index contributed by atoms with van der Waals surface area (Å²) in [7, 11) is 2.28. The van der Waals surface area contributed by atoms with Gasteiger partial charge in [0.05, 0.1) is 0 Å². The highest BCUT2D eigenvalue weighted by Crippen LogP contribution is 2.25. The van der Waals surface area contributed by atoms with Crippen LogP contribution >= 0.6 is 0 Å². The lowest BCUT2D eigenvalue weighted by atomic mass is 9.91. The predicted molar refractivity (Wildman–Crippen MR) is 82.4 cm³/mol. The van der Waals surface area contributed by atoms with E-state index in [1.807, 2.05) is 0 Å². The Labute approximate surface area is 118 Å². The lowest BCUT2D eigenvalue weighted by Crippen LogP contribution is -2.39. The van der Waals surface area contributed by atoms with E-state index in [1.165, 1.54) is 44.2 Å². The van der Waals surface area contributed by atoms with Crippen LogP contribution in [0.3, 0.4) is 0 Å². The van der Waals surface area contributed by atoms with Gasteiger partial charge in [0.1, 0.15) is 0 Å². The maximum absolute atomic E-state index is 3.69. The summed E-state index contributed by atoms with van der Waals surface area (Å²) < 4.78 is 0. The van der Waals surface area contributed by atoms with E-state index in [-0.39, 0.29) is 0 Å². The molecule has 1 N–H and O–H groups in total. The second-order valence-electron chi connectivity index (χ2n) is 5.77. The van der Waals surface area contributed by atoms with E-state index < -0.39 is 0 Å². The minimum atomic E-state index is 0.503. The maximum Gasteiger partial charge on any atom is 0.0332 e. The molecule has 19 heavy (non-hydrogen) atoms. The molecule has 2 nitrogen and oxygen atoms in total. The Morgan fingerprint density at radius 2 is 2.00 bits per heavy atom. The molecule has 1 fully saturated rings. The molecule has 106 valence electrons. The number of nitrogens with one attached hydrogen (secondary N) is 1. The first kappa shape index (κ1) is 14.5. The van der Waals surface area contributed by atoms with Crippen LogP contribution in [0.25, 0.3) is 0 Å². The highest BCUT2D eigenvalue weighted by Gasteiger charge is 2.22. The van der Waals surface area contributed by atoms with Crippen molar-refractivity contribution in [2.45, 2.75) is 51.1 Å². The summed E-state index contributed by atoms with van der Waals surface area (Å²) in [4.78, 5) is 2.55. The highest BCUT2D eigenvalue weighted by molar-refractivity contribution is 5.18. The van der Waals surface area contributed by atoms with Crippen LogP contribution in [-0.2, 0) is 0 Å². The third-order valence-corrected chi connectivity index (χ3v) is 4.31. The van der Waals surface area contributed by atoms with E-state index in [4.69, 9.17) is 0 Å². The van der Waals surface area contributed by atoms with Crippen molar-refractivity contribution in [1.29, 1.82) is 0 Å². The van der Waals surface area contributed by atoms with Gasteiger partial charge >= 0.3 is 0 Å². The van der Waals surface area contributed by atoms with Gasteiger partial charge in [-0.3, -0.25) is 0 Å². The number of hydrogen-bond donors (Lipinski definition) is 1. The zero-order chi connectivity index (χ0) is 13.5. The van der Waals surface area contributed by atoms with E-state index in [1.54, 1.807) is 0 Å². The summed E-state index contributed by atoms with van der Waals surface area (Å²) in [6.07, 6.45) is 6.62. The average molecular weight is 260 g/mol. The predicted octanol–water partition coefficient (Wildman–Crippen LogP) is 3.60. The van der Waals surface area contributed by atoms with E-state index in [0.29, 0.717) is 6.04 Å². The molecular formula is C17H28N2. The quantitative estimate of drug-likeness (QED) is 0.768. The van der Waals surface area contributed by atoms with Crippen LogP contribution in [0.4, 0.5) is 0 Å². The average Bonchev–Trinajstić information content (AvgIpc) is 2.38. The molecule has 2 heteroatoms. The first-order valence-electron chi connectivity index (χ1n) is 7.80. The monoisotopic (exact) mass is 260 g/mol. The van der Waals surface area contributed by atoms with E-state index in [2.05, 4.69) is 54.5 Å². The molecule has 2 rings (SSSR count). The molecule has 0 aromatic heterocycles. The van der Waals surface area contributed by atoms with Gasteiger partial charge in [-0.15, -0.1) is 0 Å². The Kier molecular flexibility index (Phi) is 5.87. The van der Waals surface area contributed by atoms with Crippen molar-refractivity contribution >= 4 is 0 Å². The van der Waals surface area contributed by atoms with Crippen LogP contribution in [-0.4, -0.2) is 31.1 Å². The molecule has 1 saturated carbocycles. The molecule has 0 radical (unpaired) electrons. The minimum absolute atomic E-state index is 0.503. The standard InChI is InChI=1S/C17H28N2/c1-3-13-18-17(15-8-5-4-6-9-15)12-14-19(2)16-10-7-11-16/h4-6,8-9,16-18H,3,7,10-14H2,1-2H3. The lowest BCUT2D eigenvalue weighted by Gasteiger charge is -2.35. The van der Waals surface area contributed by atoms with Crippen molar-refractivity contribution in [2.75, 3.05) is 20.1 Å². The fourth-order valence-electron chi connectivity index (χ4n) is 2.73. The summed E-state index contributed by atoms with van der Waals surface area (Å²) in [5.41, 5.74) is 1.43. The fourth-order valence-corrected chi connectivity index (χ4v) is 2.73. The van der Waals surface area contributed by atoms with Gasteiger partial charge in [0, 0.05) is 12.1 Å². The Morgan fingerprint density at radius 1 is 1.26 bits per heavy atom. The van der Waals surface area contributed by atoms with Crippen LogP contribution in [0.2, 0.25) is 0 Å². The first-order valence-corrected chi connectivity index (χ1v) is 7.80. The number of hydrogen-bond acceptors (Lipinski definition) is 2. The van der Waals surface area contributed by atoms with Crippen molar-refractivity contribution < 1.29 is 0 Å². The van der Waals surface area contributed by atoms with Crippen molar-refractivity contribution in [3.05, 3.63) is 35.9 Å². The van der Waals surface area contributed by atoms with Crippen molar-refractivity contribution in [1.82, 2.24) is 10.2 Å². The number of nitrogens with zero attached hydrogens (tertiary/aromatic N) is 1. The molecule has 0 aliphatic heterocycles. The van der Waals surface area contributed by atoms with E-state index in [0.717, 1.165) is 12.6 Å². The van der Waals surface area contributed by atoms with Crippen LogP contribution in [0, 0.1) is 0 Å². The molecule has 1 unspecified atom stereocenters. The largest absolute Gasteiger partial charge is 0.310 e. The van der Waals surface area contributed by atoms with Crippen LogP contribution in [0.1, 0.15) is 50.6 Å². The summed E-state index contributed by atoms with van der Waals surface area (Å²) in [6, 6.07) is 12.2. The van der Waals surface area contributed by atoms with Gasteiger partial charge in [-0.1, -0.05) is 43.7 Å². The number of rotatable bonds is 8. The molecule has 0 bridgehead atoms. The molecule has 0 saturated heterocycles. The van der Waals surface area contributed by atoms with E-state index in [9.17, 15) is 0 Å². The highest BCUT2D eigenvalue weighted by atomic mass is 15.1. The third-order valence-electron chi connectivity index (χ3n) is 4.31. The SMILES string of the molecule is CCCNC(CCN(C)C1CCC1)c1ccccc1. The fraction of sp³-hybridized carbons (Fsp3) is 0.647. The van der Waals surface area contributed by atoms with Gasteiger partial charge in [-0.05, 0) is 51.4 Å². The van der Waals surface area contributed by atoms with Crippen LogP contribution in [0.5, 0.6) is 0 Å². The Morgan fingerprint density at radius 3 is 2.58 bits per heavy atom. The molecule has 1 aliphatic rings. The van der Waals surface area contributed by atoms with Crippen molar-refractivity contribution in [3.63, 3.8) is 0 Å². The molecule has 1 atom stereocenters. The smallest absolute Gasteiger partial charge is 0.0332 e. The second-order valence-corrected chi connectivity index (χ2v) is 5.77. The summed E-state index contributed by atoms with van der Waals surface area (Å²) in [5, 5.41) is 3.69. The Balaban J connectivity index is 1.86. The van der Waals surface area contributed by atoms with Gasteiger partial charge < -0.3 is 10.2 Å². The topological polar surface area (TPSA) is 15.3 Å². The molecule has 1 aromatic rings. The molecule has 0 heterocycles. The second kappa shape index (κ2) is 7.66. The van der Waals surface area contributed by atoms with Gasteiger partial charge in [0.25, 0.3) is 0 Å². The summed E-state index contributed by atoms with van der Waals surface area (Å²) in [5.74, 6) is 0. The zero-order valence-corrected chi connectivity index (χ0v) is 12.4. The molecular weight excluding hydrogens is 232 g/mol. The molecule has 0 spiro atoms. The van der Waals surface area contributed by atoms with Gasteiger partial charge in [-0.25, -0.2) is 0 Å². The van der Waals surface area contributed by atoms with Crippen LogP contribution < -0.4 is 5.32 Å². The molecule has 0 amide bonds. The van der Waals surface area contributed by atoms with Gasteiger partial charge in [-0.2, -0.15) is 0 Å². The molecule has 1 aromatic carbocycles. The molecule has 1 aliphatic carbocycles. The van der Waals surface area contributed by atoms with Gasteiger partial charge in [0.15, 0.2) is 0 Å². The lowest BCUT2D eigenvalue weighted by molar-refractivity contribution is 0.153. The van der Waals surface area contributed by atoms with Crippen molar-refractivity contribution in [3.8, 4) is 0 Å². The third kappa shape index (κ3) is 4.32. The normalized spacial score (nSPS) is 17.4. The number of benzene rings is 1. The Hall–Kier alpha value is -0.860. The minimum Gasteiger partial charge on any atom is -0.310 e. The maximum atomic E-state index is 3.69. The van der Waals surface area contributed by atoms with E-state index >= 15 is 0 Å². The zero-order valence-electron chi connectivity index (χ0n) is 12.4. The Bertz CT molecular complexity index is 346. The van der Waals surface area contributed by atoms with Crippen molar-refractivity contribution in [2.24, 2.45) is 0 Å². The van der Waals surface area contributed by atoms with Crippen LogP contribution in [0.15, 0.2) is 30.3 Å². The first-order chi connectivity index (χ1) is 9.31. The van der Waals surface area contributed by atoms with Gasteiger partial charge in [0.2, 0.25) is 0 Å². The summed E-state index contributed by atoms with van der Waals surface area (Å²) >= 11 is 0.